The minimum atomic E-state index is -0.0952. The van der Waals surface area contributed by atoms with Crippen molar-refractivity contribution in [2.45, 2.75) is 20.3 Å². The Labute approximate surface area is 121 Å². The van der Waals surface area contributed by atoms with E-state index in [1.165, 1.54) is 16.7 Å². The first-order chi connectivity index (χ1) is 9.52. The second-order valence-corrected chi connectivity index (χ2v) is 5.83. The van der Waals surface area contributed by atoms with Crippen LogP contribution in [0.2, 0.25) is 0 Å². The van der Waals surface area contributed by atoms with Crippen molar-refractivity contribution in [3.63, 3.8) is 0 Å². The monoisotopic (exact) mass is 274 g/mol. The number of nitrogens with zero attached hydrogens (tertiary/aromatic N) is 1. The van der Waals surface area contributed by atoms with Crippen LogP contribution in [0.4, 0.5) is 0 Å². The number of carbonyl (C=O) groups is 1. The third kappa shape index (κ3) is 3.70. The zero-order valence-corrected chi connectivity index (χ0v) is 12.7. The predicted octanol–water partition coefficient (Wildman–Crippen LogP) is 2.79. The van der Waals surface area contributed by atoms with E-state index in [4.69, 9.17) is 4.74 Å². The maximum atomic E-state index is 11.6. The van der Waals surface area contributed by atoms with Crippen molar-refractivity contribution in [3.8, 4) is 0 Å². The minimum absolute atomic E-state index is 0.0952. The number of benzene rings is 1. The molecule has 0 radical (unpaired) electrons. The Balaban J connectivity index is 2.02. The number of rotatable bonds is 4. The highest BCUT2D eigenvalue weighted by molar-refractivity contribution is 5.71. The van der Waals surface area contributed by atoms with E-state index in [-0.39, 0.29) is 5.97 Å². The maximum Gasteiger partial charge on any atom is 0.361 e. The van der Waals surface area contributed by atoms with Crippen LogP contribution in [-0.4, -0.2) is 43.7 Å². The highest BCUT2D eigenvalue weighted by Gasteiger charge is 2.28. The molecular weight excluding hydrogens is 250 g/mol. The molecule has 1 heterocycles. The van der Waals surface area contributed by atoms with E-state index < -0.39 is 0 Å². The smallest absolute Gasteiger partial charge is 0.361 e. The Kier molecular flexibility index (Phi) is 4.61. The summed E-state index contributed by atoms with van der Waals surface area (Å²) in [5.74, 6) is -0.0952. The molecule has 0 bridgehead atoms. The molecule has 0 aromatic heterocycles. The molecule has 0 saturated carbocycles. The Morgan fingerprint density at radius 2 is 2.00 bits per heavy atom. The van der Waals surface area contributed by atoms with Crippen LogP contribution in [0.15, 0.2) is 30.3 Å². The minimum Gasteiger partial charge on any atom is -0.462 e. The fraction of sp³-hybridized carbons (Fsp3) is 0.471. The lowest BCUT2D eigenvalue weighted by atomic mass is 9.97. The van der Waals surface area contributed by atoms with Crippen molar-refractivity contribution in [1.29, 1.82) is 0 Å². The molecule has 3 nitrogen and oxygen atoms in total. The molecule has 1 aliphatic rings. The number of quaternary nitrogens is 1. The van der Waals surface area contributed by atoms with Crippen LogP contribution in [0, 0.1) is 6.92 Å². The predicted molar refractivity (Wildman–Crippen MR) is 81.2 cm³/mol. The first-order valence-corrected chi connectivity index (χ1v) is 7.28. The van der Waals surface area contributed by atoms with Gasteiger partial charge in [-0.1, -0.05) is 29.8 Å². The number of carbonyl (C=O) groups excluding carboxylic acids is 1. The normalized spacial score (nSPS) is 22.2. The van der Waals surface area contributed by atoms with E-state index in [1.54, 1.807) is 0 Å². The molecule has 0 fully saturated rings. The number of ether oxygens (including phenoxy) is 1. The molecule has 0 N–H and O–H groups in total. The van der Waals surface area contributed by atoms with Gasteiger partial charge in [-0.25, -0.2) is 4.79 Å². The molecule has 0 spiro atoms. The largest absolute Gasteiger partial charge is 0.462 e. The van der Waals surface area contributed by atoms with Crippen molar-refractivity contribution in [3.05, 3.63) is 41.5 Å². The lowest BCUT2D eigenvalue weighted by molar-refractivity contribution is -0.897. The van der Waals surface area contributed by atoms with Gasteiger partial charge in [0.25, 0.3) is 0 Å². The fourth-order valence-electron chi connectivity index (χ4n) is 2.61. The van der Waals surface area contributed by atoms with Gasteiger partial charge >= 0.3 is 5.97 Å². The molecule has 1 unspecified atom stereocenters. The highest BCUT2D eigenvalue weighted by atomic mass is 16.5. The van der Waals surface area contributed by atoms with Gasteiger partial charge in [-0.05, 0) is 31.1 Å². The number of hydrogen-bond acceptors (Lipinski definition) is 2. The van der Waals surface area contributed by atoms with Gasteiger partial charge < -0.3 is 9.22 Å². The number of likely N-dealkylation sites (N-methyl/N-ethyl adjacent to an activating group) is 1. The standard InChI is InChI=1S/C17H24NO2/c1-4-20-17(19)13-18(3)11-9-16(10-12-18)15-7-5-14(2)6-8-15/h5-9H,4,10-13H2,1-3H3/q+1. The summed E-state index contributed by atoms with van der Waals surface area (Å²) in [6.07, 6.45) is 3.28. The molecule has 0 saturated heterocycles. The van der Waals surface area contributed by atoms with E-state index >= 15 is 0 Å². The Morgan fingerprint density at radius 1 is 1.30 bits per heavy atom. The van der Waals surface area contributed by atoms with Gasteiger partial charge in [-0.2, -0.15) is 0 Å². The van der Waals surface area contributed by atoms with Gasteiger partial charge in [0, 0.05) is 6.42 Å². The van der Waals surface area contributed by atoms with Gasteiger partial charge in [-0.3, -0.25) is 0 Å². The number of esters is 1. The SMILES string of the molecule is CCOC(=O)C[N+]1(C)CC=C(c2ccc(C)cc2)CC1. The quantitative estimate of drug-likeness (QED) is 0.623. The highest BCUT2D eigenvalue weighted by Crippen LogP contribution is 2.25. The van der Waals surface area contributed by atoms with Crippen molar-refractivity contribution in [2.75, 3.05) is 33.3 Å². The number of hydrogen-bond donors (Lipinski definition) is 0. The van der Waals surface area contributed by atoms with E-state index in [0.29, 0.717) is 13.2 Å². The second-order valence-electron chi connectivity index (χ2n) is 5.83. The summed E-state index contributed by atoms with van der Waals surface area (Å²) in [5, 5.41) is 0. The molecule has 108 valence electrons. The van der Waals surface area contributed by atoms with Crippen LogP contribution in [0.25, 0.3) is 5.57 Å². The van der Waals surface area contributed by atoms with Gasteiger partial charge in [0.05, 0.1) is 26.7 Å². The molecule has 2 rings (SSSR count). The van der Waals surface area contributed by atoms with Gasteiger partial charge in [0.15, 0.2) is 6.54 Å². The van der Waals surface area contributed by atoms with Crippen LogP contribution in [0.1, 0.15) is 24.5 Å². The summed E-state index contributed by atoms with van der Waals surface area (Å²) in [6.45, 7) is 6.76. The number of aryl methyl sites for hydroxylation is 1. The van der Waals surface area contributed by atoms with Crippen LogP contribution < -0.4 is 0 Å². The van der Waals surface area contributed by atoms with E-state index in [1.807, 2.05) is 6.92 Å². The fourth-order valence-corrected chi connectivity index (χ4v) is 2.61. The zero-order chi connectivity index (χ0) is 14.6. The van der Waals surface area contributed by atoms with Crippen molar-refractivity contribution in [2.24, 2.45) is 0 Å². The molecule has 0 aliphatic carbocycles. The van der Waals surface area contributed by atoms with E-state index in [2.05, 4.69) is 44.3 Å². The molecule has 0 amide bonds. The third-order valence-corrected chi connectivity index (χ3v) is 3.94. The summed E-state index contributed by atoms with van der Waals surface area (Å²) in [7, 11) is 2.12. The summed E-state index contributed by atoms with van der Waals surface area (Å²) in [4.78, 5) is 11.6. The summed E-state index contributed by atoms with van der Waals surface area (Å²) < 4.78 is 5.80. The molecule has 20 heavy (non-hydrogen) atoms. The first kappa shape index (κ1) is 14.8. The Bertz CT molecular complexity index is 504. The Hall–Kier alpha value is -1.61. The second kappa shape index (κ2) is 6.23. The molecule has 3 heteroatoms. The third-order valence-electron chi connectivity index (χ3n) is 3.94. The van der Waals surface area contributed by atoms with Crippen molar-refractivity contribution < 1.29 is 14.0 Å². The van der Waals surface area contributed by atoms with Gasteiger partial charge in [-0.15, -0.1) is 0 Å². The average molecular weight is 274 g/mol. The summed E-state index contributed by atoms with van der Waals surface area (Å²) in [5.41, 5.74) is 3.98. The lowest BCUT2D eigenvalue weighted by Crippen LogP contribution is -2.50. The molecule has 1 aromatic rings. The Morgan fingerprint density at radius 3 is 2.55 bits per heavy atom. The average Bonchev–Trinajstić information content (AvgIpc) is 2.40. The summed E-state index contributed by atoms with van der Waals surface area (Å²) in [6, 6.07) is 8.67. The van der Waals surface area contributed by atoms with E-state index in [9.17, 15) is 4.79 Å². The molecule has 1 aliphatic heterocycles. The molecular formula is C17H24NO2+. The van der Waals surface area contributed by atoms with Crippen LogP contribution in [-0.2, 0) is 9.53 Å². The lowest BCUT2D eigenvalue weighted by Gasteiger charge is -2.36. The van der Waals surface area contributed by atoms with Crippen molar-refractivity contribution in [1.82, 2.24) is 0 Å². The topological polar surface area (TPSA) is 26.3 Å². The van der Waals surface area contributed by atoms with Crippen LogP contribution >= 0.6 is 0 Å². The van der Waals surface area contributed by atoms with Gasteiger partial charge in [0.2, 0.25) is 0 Å². The van der Waals surface area contributed by atoms with Crippen LogP contribution in [0.5, 0.6) is 0 Å². The first-order valence-electron chi connectivity index (χ1n) is 7.28. The van der Waals surface area contributed by atoms with E-state index in [0.717, 1.165) is 24.0 Å². The van der Waals surface area contributed by atoms with Crippen LogP contribution in [0.3, 0.4) is 0 Å². The van der Waals surface area contributed by atoms with Crippen molar-refractivity contribution >= 4 is 11.5 Å². The van der Waals surface area contributed by atoms with Gasteiger partial charge in [0.1, 0.15) is 0 Å². The summed E-state index contributed by atoms with van der Waals surface area (Å²) >= 11 is 0. The zero-order valence-electron chi connectivity index (χ0n) is 12.7. The molecule has 1 atom stereocenters. The molecule has 1 aromatic carbocycles. The maximum absolute atomic E-state index is 11.6.